The molecule has 1 aromatic rings. The number of halogens is 3. The quantitative estimate of drug-likeness (QED) is 0.661. The van der Waals surface area contributed by atoms with Crippen LogP contribution in [0.3, 0.4) is 0 Å². The zero-order chi connectivity index (χ0) is 13.9. The van der Waals surface area contributed by atoms with Crippen LogP contribution in [0, 0.1) is 17.5 Å². The van der Waals surface area contributed by atoms with Crippen LogP contribution >= 0.6 is 0 Å². The highest BCUT2D eigenvalue weighted by molar-refractivity contribution is 7.90. The molecule has 0 spiro atoms. The fourth-order valence-electron chi connectivity index (χ4n) is 1.61. The van der Waals surface area contributed by atoms with E-state index >= 15 is 0 Å². The van der Waals surface area contributed by atoms with Crippen LogP contribution in [0.2, 0.25) is 0 Å². The lowest BCUT2D eigenvalue weighted by atomic mass is 10.1. The standard InChI is InChI=1S/C11H14F3NO2S/c1-18(16,17)11-8(12)6-7(4-2-3-5-15)9(13)10(11)14/h6H,2-5,15H2,1H3. The Morgan fingerprint density at radius 2 is 1.78 bits per heavy atom. The lowest BCUT2D eigenvalue weighted by Crippen LogP contribution is -2.09. The van der Waals surface area contributed by atoms with Crippen molar-refractivity contribution in [3.8, 4) is 0 Å². The predicted molar refractivity (Wildman–Crippen MR) is 61.4 cm³/mol. The second-order valence-corrected chi connectivity index (χ2v) is 5.95. The molecule has 3 nitrogen and oxygen atoms in total. The zero-order valence-electron chi connectivity index (χ0n) is 9.84. The third-order valence-corrected chi connectivity index (χ3v) is 3.58. The minimum Gasteiger partial charge on any atom is -0.330 e. The van der Waals surface area contributed by atoms with Crippen molar-refractivity contribution >= 4 is 9.84 Å². The number of unbranched alkanes of at least 4 members (excludes halogenated alkanes) is 1. The van der Waals surface area contributed by atoms with Gasteiger partial charge in [0.1, 0.15) is 10.7 Å². The van der Waals surface area contributed by atoms with Crippen LogP contribution < -0.4 is 5.73 Å². The van der Waals surface area contributed by atoms with E-state index in [0.29, 0.717) is 25.6 Å². The maximum Gasteiger partial charge on any atom is 0.181 e. The molecule has 0 saturated carbocycles. The Hall–Kier alpha value is -1.08. The van der Waals surface area contributed by atoms with Crippen LogP contribution in [0.1, 0.15) is 18.4 Å². The maximum absolute atomic E-state index is 13.6. The van der Waals surface area contributed by atoms with E-state index in [1.165, 1.54) is 0 Å². The Labute approximate surface area is 104 Å². The van der Waals surface area contributed by atoms with E-state index in [2.05, 4.69) is 0 Å². The van der Waals surface area contributed by atoms with Gasteiger partial charge in [0.15, 0.2) is 21.5 Å². The summed E-state index contributed by atoms with van der Waals surface area (Å²) in [7, 11) is -4.14. The molecule has 1 aromatic carbocycles. The van der Waals surface area contributed by atoms with Gasteiger partial charge >= 0.3 is 0 Å². The summed E-state index contributed by atoms with van der Waals surface area (Å²) < 4.78 is 62.8. The second kappa shape index (κ2) is 5.71. The second-order valence-electron chi connectivity index (χ2n) is 3.99. The molecule has 0 amide bonds. The molecule has 102 valence electrons. The molecule has 2 N–H and O–H groups in total. The molecule has 0 fully saturated rings. The van der Waals surface area contributed by atoms with Crippen molar-refractivity contribution in [2.24, 2.45) is 5.73 Å². The van der Waals surface area contributed by atoms with E-state index in [1.54, 1.807) is 0 Å². The molecule has 0 atom stereocenters. The van der Waals surface area contributed by atoms with Gasteiger partial charge in [-0.2, -0.15) is 0 Å². The van der Waals surface area contributed by atoms with Gasteiger partial charge in [0.2, 0.25) is 0 Å². The van der Waals surface area contributed by atoms with Crippen molar-refractivity contribution in [2.45, 2.75) is 24.2 Å². The van der Waals surface area contributed by atoms with E-state index < -0.39 is 32.2 Å². The van der Waals surface area contributed by atoms with Gasteiger partial charge in [-0.05, 0) is 37.4 Å². The van der Waals surface area contributed by atoms with Crippen LogP contribution in [-0.2, 0) is 16.3 Å². The third kappa shape index (κ3) is 3.23. The molecule has 0 aliphatic heterocycles. The van der Waals surface area contributed by atoms with E-state index in [-0.39, 0.29) is 12.0 Å². The Balaban J connectivity index is 3.21. The number of aryl methyl sites for hydroxylation is 1. The fourth-order valence-corrected chi connectivity index (χ4v) is 2.44. The van der Waals surface area contributed by atoms with Gasteiger partial charge in [-0.15, -0.1) is 0 Å². The fraction of sp³-hybridized carbons (Fsp3) is 0.455. The van der Waals surface area contributed by atoms with Crippen LogP contribution in [0.4, 0.5) is 13.2 Å². The Kier molecular flexibility index (Phi) is 4.75. The number of hydrogen-bond acceptors (Lipinski definition) is 3. The summed E-state index contributed by atoms with van der Waals surface area (Å²) in [4.78, 5) is -1.22. The maximum atomic E-state index is 13.6. The third-order valence-electron chi connectivity index (χ3n) is 2.46. The average Bonchev–Trinajstić information content (AvgIpc) is 2.23. The molecule has 0 saturated heterocycles. The Morgan fingerprint density at radius 3 is 2.28 bits per heavy atom. The summed E-state index contributed by atoms with van der Waals surface area (Å²) in [6.45, 7) is 0.397. The summed E-state index contributed by atoms with van der Waals surface area (Å²) in [5.74, 6) is -4.23. The smallest absolute Gasteiger partial charge is 0.181 e. The van der Waals surface area contributed by atoms with Crippen LogP contribution in [0.5, 0.6) is 0 Å². The van der Waals surface area contributed by atoms with Crippen LogP contribution in [0.25, 0.3) is 0 Å². The number of benzene rings is 1. The molecule has 7 heteroatoms. The molecule has 0 aromatic heterocycles. The molecule has 0 radical (unpaired) electrons. The monoisotopic (exact) mass is 281 g/mol. The zero-order valence-corrected chi connectivity index (χ0v) is 10.7. The number of sulfone groups is 1. The number of hydrogen-bond donors (Lipinski definition) is 1. The minimum absolute atomic E-state index is 0.112. The first kappa shape index (κ1) is 15.0. The molecule has 0 aliphatic carbocycles. The van der Waals surface area contributed by atoms with Gasteiger partial charge < -0.3 is 5.73 Å². The first-order valence-electron chi connectivity index (χ1n) is 5.35. The van der Waals surface area contributed by atoms with Crippen molar-refractivity contribution in [2.75, 3.05) is 12.8 Å². The van der Waals surface area contributed by atoms with E-state index in [1.807, 2.05) is 0 Å². The number of nitrogens with two attached hydrogens (primary N) is 1. The molecular weight excluding hydrogens is 267 g/mol. The first-order chi connectivity index (χ1) is 8.29. The predicted octanol–water partition coefficient (Wildman–Crippen LogP) is 1.79. The van der Waals surface area contributed by atoms with Gasteiger partial charge in [0, 0.05) is 6.26 Å². The Morgan fingerprint density at radius 1 is 1.17 bits per heavy atom. The largest absolute Gasteiger partial charge is 0.330 e. The summed E-state index contributed by atoms with van der Waals surface area (Å²) >= 11 is 0. The van der Waals surface area contributed by atoms with Gasteiger partial charge in [0.05, 0.1) is 0 Å². The normalized spacial score (nSPS) is 11.8. The SMILES string of the molecule is CS(=O)(=O)c1c(F)cc(CCCCN)c(F)c1F. The summed E-state index contributed by atoms with van der Waals surface area (Å²) in [6, 6.07) is 0.727. The highest BCUT2D eigenvalue weighted by atomic mass is 32.2. The molecule has 0 bridgehead atoms. The van der Waals surface area contributed by atoms with E-state index in [9.17, 15) is 21.6 Å². The van der Waals surface area contributed by atoms with Crippen molar-refractivity contribution in [3.05, 3.63) is 29.1 Å². The van der Waals surface area contributed by atoms with Crippen molar-refractivity contribution in [3.63, 3.8) is 0 Å². The molecule has 18 heavy (non-hydrogen) atoms. The summed E-state index contributed by atoms with van der Waals surface area (Å²) in [6.07, 6.45) is 1.81. The van der Waals surface area contributed by atoms with Gasteiger partial charge in [-0.3, -0.25) is 0 Å². The first-order valence-corrected chi connectivity index (χ1v) is 7.24. The minimum atomic E-state index is -4.14. The van der Waals surface area contributed by atoms with Crippen molar-refractivity contribution < 1.29 is 21.6 Å². The van der Waals surface area contributed by atoms with Gasteiger partial charge in [-0.25, -0.2) is 21.6 Å². The lowest BCUT2D eigenvalue weighted by Gasteiger charge is -2.08. The molecule has 0 aliphatic rings. The molecule has 0 heterocycles. The Bertz CT molecular complexity index is 544. The highest BCUT2D eigenvalue weighted by Gasteiger charge is 2.25. The average molecular weight is 281 g/mol. The van der Waals surface area contributed by atoms with E-state index in [0.717, 1.165) is 6.07 Å². The molecule has 1 rings (SSSR count). The summed E-state index contributed by atoms with van der Waals surface area (Å²) in [5.41, 5.74) is 5.08. The molecule has 0 unspecified atom stereocenters. The molecular formula is C11H14F3NO2S. The highest BCUT2D eigenvalue weighted by Crippen LogP contribution is 2.25. The van der Waals surface area contributed by atoms with Gasteiger partial charge in [-0.1, -0.05) is 0 Å². The van der Waals surface area contributed by atoms with Gasteiger partial charge in [0.25, 0.3) is 0 Å². The van der Waals surface area contributed by atoms with Crippen LogP contribution in [-0.4, -0.2) is 21.2 Å². The summed E-state index contributed by atoms with van der Waals surface area (Å²) in [5, 5.41) is 0. The van der Waals surface area contributed by atoms with Crippen molar-refractivity contribution in [1.29, 1.82) is 0 Å². The van der Waals surface area contributed by atoms with Crippen LogP contribution in [0.15, 0.2) is 11.0 Å². The lowest BCUT2D eigenvalue weighted by molar-refractivity contribution is 0.450. The van der Waals surface area contributed by atoms with E-state index in [4.69, 9.17) is 5.73 Å². The van der Waals surface area contributed by atoms with Crippen molar-refractivity contribution in [1.82, 2.24) is 0 Å². The number of rotatable bonds is 5. The topological polar surface area (TPSA) is 60.2 Å².